The number of benzene rings is 3. The highest BCUT2D eigenvalue weighted by atomic mass is 16.4. The molecule has 33 heavy (non-hydrogen) atoms. The van der Waals surface area contributed by atoms with Crippen LogP contribution in [-0.4, -0.2) is 24.2 Å². The van der Waals surface area contributed by atoms with Crippen LogP contribution < -0.4 is 10.6 Å². The highest BCUT2D eigenvalue weighted by Crippen LogP contribution is 2.34. The van der Waals surface area contributed by atoms with Gasteiger partial charge in [0, 0.05) is 18.3 Å². The fourth-order valence-electron chi connectivity index (χ4n) is 4.59. The van der Waals surface area contributed by atoms with Crippen LogP contribution in [0.2, 0.25) is 0 Å². The molecule has 0 saturated carbocycles. The number of anilines is 1. The Hall–Kier alpha value is -3.62. The first-order chi connectivity index (χ1) is 16.1. The molecule has 3 aromatic rings. The fourth-order valence-corrected chi connectivity index (χ4v) is 4.59. The van der Waals surface area contributed by atoms with Crippen LogP contribution in [0.4, 0.5) is 5.69 Å². The van der Waals surface area contributed by atoms with E-state index in [4.69, 9.17) is 0 Å². The molecular weight excluding hydrogens is 410 g/mol. The zero-order valence-electron chi connectivity index (χ0n) is 18.8. The predicted octanol–water partition coefficient (Wildman–Crippen LogP) is 4.90. The van der Waals surface area contributed by atoms with Crippen LogP contribution in [0.15, 0.2) is 72.8 Å². The molecule has 0 unspecified atom stereocenters. The summed E-state index contributed by atoms with van der Waals surface area (Å²) in [6.45, 7) is 3.35. The lowest BCUT2D eigenvalue weighted by Gasteiger charge is -2.34. The van der Waals surface area contributed by atoms with Gasteiger partial charge in [0.05, 0.1) is 17.6 Å². The summed E-state index contributed by atoms with van der Waals surface area (Å²) in [7, 11) is 0. The summed E-state index contributed by atoms with van der Waals surface area (Å²) in [5.41, 5.74) is 6.14. The van der Waals surface area contributed by atoms with Gasteiger partial charge in [0.25, 0.3) is 0 Å². The van der Waals surface area contributed by atoms with Gasteiger partial charge in [0.2, 0.25) is 0 Å². The van der Waals surface area contributed by atoms with Gasteiger partial charge in [0.1, 0.15) is 0 Å². The molecule has 1 aliphatic heterocycles. The Morgan fingerprint density at radius 2 is 1.85 bits per heavy atom. The number of hydrogen-bond donors (Lipinski definition) is 3. The molecule has 0 fully saturated rings. The van der Waals surface area contributed by atoms with Gasteiger partial charge in [-0.15, -0.1) is 0 Å². The molecule has 1 aliphatic rings. The smallest absolute Gasteiger partial charge is 0.310 e. The Morgan fingerprint density at radius 3 is 2.55 bits per heavy atom. The van der Waals surface area contributed by atoms with E-state index in [0.29, 0.717) is 5.92 Å². The summed E-state index contributed by atoms with van der Waals surface area (Å²) in [5, 5.41) is 26.1. The quantitative estimate of drug-likeness (QED) is 0.465. The molecule has 0 bridgehead atoms. The maximum atomic E-state index is 11.2. The molecule has 3 N–H and O–H groups in total. The van der Waals surface area contributed by atoms with Crippen LogP contribution in [0.1, 0.15) is 46.7 Å². The van der Waals surface area contributed by atoms with E-state index in [1.165, 1.54) is 11.1 Å². The number of hydrogen-bond acceptors (Lipinski definition) is 4. The topological polar surface area (TPSA) is 85.2 Å². The lowest BCUT2D eigenvalue weighted by atomic mass is 9.83. The second kappa shape index (κ2) is 10.3. The van der Waals surface area contributed by atoms with Crippen molar-refractivity contribution in [3.05, 3.63) is 101 Å². The van der Waals surface area contributed by atoms with E-state index in [2.05, 4.69) is 41.0 Å². The maximum absolute atomic E-state index is 11.2. The Kier molecular flexibility index (Phi) is 7.07. The van der Waals surface area contributed by atoms with E-state index >= 15 is 0 Å². The molecule has 5 heteroatoms. The summed E-state index contributed by atoms with van der Waals surface area (Å²) < 4.78 is 0. The van der Waals surface area contributed by atoms with Gasteiger partial charge < -0.3 is 15.7 Å². The summed E-state index contributed by atoms with van der Waals surface area (Å²) in [5.74, 6) is -0.995. The summed E-state index contributed by atoms with van der Waals surface area (Å²) in [6, 6.07) is 26.7. The summed E-state index contributed by atoms with van der Waals surface area (Å²) in [4.78, 5) is 11.2. The number of nitrogens with zero attached hydrogens (tertiary/aromatic N) is 1. The van der Waals surface area contributed by atoms with Crippen LogP contribution in [0, 0.1) is 17.2 Å². The molecule has 1 heterocycles. The molecule has 0 amide bonds. The summed E-state index contributed by atoms with van der Waals surface area (Å²) >= 11 is 0. The molecule has 0 aliphatic carbocycles. The summed E-state index contributed by atoms with van der Waals surface area (Å²) in [6.07, 6.45) is 1.70. The number of carbonyl (C=O) groups is 1. The third-order valence-corrected chi connectivity index (χ3v) is 6.58. The van der Waals surface area contributed by atoms with E-state index in [1.807, 2.05) is 48.5 Å². The number of rotatable bonds is 8. The Balaban J connectivity index is 1.46. The van der Waals surface area contributed by atoms with E-state index < -0.39 is 11.9 Å². The minimum atomic E-state index is -0.808. The van der Waals surface area contributed by atoms with E-state index in [0.717, 1.165) is 48.3 Å². The van der Waals surface area contributed by atoms with Crippen molar-refractivity contribution in [3.8, 4) is 6.07 Å². The van der Waals surface area contributed by atoms with Gasteiger partial charge in [-0.05, 0) is 66.6 Å². The van der Waals surface area contributed by atoms with Crippen molar-refractivity contribution in [3.63, 3.8) is 0 Å². The first-order valence-electron chi connectivity index (χ1n) is 11.4. The van der Waals surface area contributed by atoms with Crippen molar-refractivity contribution < 1.29 is 9.90 Å². The monoisotopic (exact) mass is 439 g/mol. The standard InChI is InChI=1S/C28H29N3O2/c1-19(28(32)33)21-12-10-20(11-13-21)14-15-30-27(22-6-3-2-4-7-22)24-16-25-23(17-29)8-5-9-26(25)31-18-24/h2-13,19,24,27,30-31H,14-16,18H2,1H3,(H,32,33)/t19-,24-,27-/m1/s1. The van der Waals surface area contributed by atoms with Gasteiger partial charge in [-0.1, -0.05) is 60.7 Å². The van der Waals surface area contributed by atoms with Crippen molar-refractivity contribution in [2.24, 2.45) is 5.92 Å². The van der Waals surface area contributed by atoms with Crippen LogP contribution in [0.5, 0.6) is 0 Å². The third-order valence-electron chi connectivity index (χ3n) is 6.58. The minimum absolute atomic E-state index is 0.157. The molecule has 3 aromatic carbocycles. The number of nitriles is 1. The highest BCUT2D eigenvalue weighted by molar-refractivity contribution is 5.75. The predicted molar refractivity (Wildman–Crippen MR) is 130 cm³/mol. The highest BCUT2D eigenvalue weighted by Gasteiger charge is 2.28. The molecule has 4 rings (SSSR count). The normalized spacial score (nSPS) is 16.7. The van der Waals surface area contributed by atoms with Crippen molar-refractivity contribution in [2.45, 2.75) is 31.7 Å². The third kappa shape index (κ3) is 5.24. The van der Waals surface area contributed by atoms with Crippen LogP contribution in [-0.2, 0) is 17.6 Å². The number of carboxylic acid groups (broad SMARTS) is 1. The Labute approximate surface area is 195 Å². The van der Waals surface area contributed by atoms with Crippen LogP contribution in [0.3, 0.4) is 0 Å². The van der Waals surface area contributed by atoms with Crippen LogP contribution >= 0.6 is 0 Å². The number of fused-ring (bicyclic) bond motifs is 1. The number of carboxylic acids is 1. The van der Waals surface area contributed by atoms with Gasteiger partial charge in [0.15, 0.2) is 0 Å². The van der Waals surface area contributed by atoms with Gasteiger partial charge in [-0.3, -0.25) is 4.79 Å². The molecule has 168 valence electrons. The van der Waals surface area contributed by atoms with Crippen molar-refractivity contribution >= 4 is 11.7 Å². The maximum Gasteiger partial charge on any atom is 0.310 e. The van der Waals surface area contributed by atoms with E-state index in [1.54, 1.807) is 6.92 Å². The fraction of sp³-hybridized carbons (Fsp3) is 0.286. The number of nitrogens with one attached hydrogen (secondary N) is 2. The first kappa shape index (κ1) is 22.6. The average molecular weight is 440 g/mol. The second-order valence-corrected chi connectivity index (χ2v) is 8.68. The lowest BCUT2D eigenvalue weighted by molar-refractivity contribution is -0.138. The largest absolute Gasteiger partial charge is 0.481 e. The molecule has 0 aromatic heterocycles. The molecular formula is C28H29N3O2. The first-order valence-corrected chi connectivity index (χ1v) is 11.4. The Morgan fingerprint density at radius 1 is 1.09 bits per heavy atom. The molecule has 3 atom stereocenters. The SMILES string of the molecule is C[C@@H](C(=O)O)c1ccc(CCN[C@H](c2ccccc2)[C@H]2CNc3cccc(C#N)c3C2)cc1. The zero-order valence-corrected chi connectivity index (χ0v) is 18.8. The van der Waals surface area contributed by atoms with Gasteiger partial charge in [-0.2, -0.15) is 5.26 Å². The van der Waals surface area contributed by atoms with E-state index in [-0.39, 0.29) is 6.04 Å². The average Bonchev–Trinajstić information content (AvgIpc) is 2.86. The van der Waals surface area contributed by atoms with Crippen molar-refractivity contribution in [2.75, 3.05) is 18.4 Å². The van der Waals surface area contributed by atoms with Crippen molar-refractivity contribution in [1.29, 1.82) is 5.26 Å². The van der Waals surface area contributed by atoms with Gasteiger partial charge in [-0.25, -0.2) is 0 Å². The van der Waals surface area contributed by atoms with Crippen LogP contribution in [0.25, 0.3) is 0 Å². The lowest BCUT2D eigenvalue weighted by Crippen LogP contribution is -2.37. The molecule has 0 saturated heterocycles. The number of aliphatic carboxylic acids is 1. The van der Waals surface area contributed by atoms with Crippen molar-refractivity contribution in [1.82, 2.24) is 5.32 Å². The Bertz CT molecular complexity index is 1140. The van der Waals surface area contributed by atoms with E-state index in [9.17, 15) is 15.2 Å². The molecule has 0 spiro atoms. The minimum Gasteiger partial charge on any atom is -0.481 e. The molecule has 0 radical (unpaired) electrons. The second-order valence-electron chi connectivity index (χ2n) is 8.68. The zero-order chi connectivity index (χ0) is 23.2. The van der Waals surface area contributed by atoms with Gasteiger partial charge >= 0.3 is 5.97 Å². The molecule has 5 nitrogen and oxygen atoms in total.